The van der Waals surface area contributed by atoms with Gasteiger partial charge in [0.05, 0.1) is 12.8 Å². The van der Waals surface area contributed by atoms with E-state index in [9.17, 15) is 0 Å². The van der Waals surface area contributed by atoms with E-state index in [0.29, 0.717) is 12.1 Å². The molecule has 0 bridgehead atoms. The van der Waals surface area contributed by atoms with Crippen LogP contribution in [0.4, 0.5) is 0 Å². The predicted octanol–water partition coefficient (Wildman–Crippen LogP) is 1.46. The molecule has 1 aromatic rings. The van der Waals surface area contributed by atoms with Crippen molar-refractivity contribution in [2.75, 3.05) is 13.1 Å². The van der Waals surface area contributed by atoms with E-state index in [1.54, 1.807) is 6.26 Å². The van der Waals surface area contributed by atoms with Gasteiger partial charge >= 0.3 is 0 Å². The highest BCUT2D eigenvalue weighted by Crippen LogP contribution is 2.10. The molecule has 1 saturated heterocycles. The maximum atomic E-state index is 5.34. The lowest BCUT2D eigenvalue weighted by Crippen LogP contribution is -2.53. The Balaban J connectivity index is 1.91. The monoisotopic (exact) mass is 194 g/mol. The molecule has 3 heteroatoms. The molecule has 1 fully saturated rings. The fraction of sp³-hybridized carbons (Fsp3) is 0.636. The molecule has 2 atom stereocenters. The van der Waals surface area contributed by atoms with Gasteiger partial charge in [0.1, 0.15) is 5.76 Å². The summed E-state index contributed by atoms with van der Waals surface area (Å²) in [5.41, 5.74) is 0. The Hall–Kier alpha value is -0.800. The van der Waals surface area contributed by atoms with Crippen LogP contribution in [0.5, 0.6) is 0 Å². The summed E-state index contributed by atoms with van der Waals surface area (Å²) in [5.74, 6) is 1.06. The topological polar surface area (TPSA) is 28.4 Å². The van der Waals surface area contributed by atoms with Crippen LogP contribution < -0.4 is 5.32 Å². The van der Waals surface area contributed by atoms with Crippen molar-refractivity contribution < 1.29 is 4.42 Å². The second-order valence-electron chi connectivity index (χ2n) is 4.24. The number of piperazine rings is 1. The summed E-state index contributed by atoms with van der Waals surface area (Å²) in [7, 11) is 0. The van der Waals surface area contributed by atoms with E-state index in [4.69, 9.17) is 4.42 Å². The van der Waals surface area contributed by atoms with Gasteiger partial charge in [-0.1, -0.05) is 0 Å². The molecule has 1 aliphatic heterocycles. The molecule has 1 N–H and O–H groups in total. The zero-order valence-corrected chi connectivity index (χ0v) is 8.86. The van der Waals surface area contributed by atoms with Gasteiger partial charge in [-0.05, 0) is 26.0 Å². The van der Waals surface area contributed by atoms with Crippen LogP contribution in [-0.4, -0.2) is 30.1 Å². The average Bonchev–Trinajstić information content (AvgIpc) is 2.54. The molecular weight excluding hydrogens is 176 g/mol. The highest BCUT2D eigenvalue weighted by molar-refractivity contribution is 4.98. The summed E-state index contributed by atoms with van der Waals surface area (Å²) in [4.78, 5) is 2.44. The molecule has 0 aromatic carbocycles. The predicted molar refractivity (Wildman–Crippen MR) is 56.0 cm³/mol. The number of nitrogens with one attached hydrogen (secondary N) is 1. The van der Waals surface area contributed by atoms with Crippen molar-refractivity contribution in [2.24, 2.45) is 0 Å². The first-order valence-corrected chi connectivity index (χ1v) is 5.25. The molecule has 0 spiro atoms. The zero-order chi connectivity index (χ0) is 9.97. The molecule has 2 heterocycles. The number of hydrogen-bond donors (Lipinski definition) is 1. The van der Waals surface area contributed by atoms with E-state index >= 15 is 0 Å². The van der Waals surface area contributed by atoms with Crippen LogP contribution in [0.25, 0.3) is 0 Å². The summed E-state index contributed by atoms with van der Waals surface area (Å²) in [5, 5.41) is 3.52. The van der Waals surface area contributed by atoms with Gasteiger partial charge in [0.2, 0.25) is 0 Å². The number of nitrogens with zero attached hydrogens (tertiary/aromatic N) is 1. The van der Waals surface area contributed by atoms with Gasteiger partial charge < -0.3 is 9.73 Å². The van der Waals surface area contributed by atoms with Crippen molar-refractivity contribution in [1.82, 2.24) is 10.2 Å². The fourth-order valence-corrected chi connectivity index (χ4v) is 2.19. The normalized spacial score (nSPS) is 29.3. The lowest BCUT2D eigenvalue weighted by Gasteiger charge is -2.35. The fourth-order valence-electron chi connectivity index (χ4n) is 2.19. The van der Waals surface area contributed by atoms with Crippen molar-refractivity contribution >= 4 is 0 Å². The lowest BCUT2D eigenvalue weighted by atomic mass is 10.1. The van der Waals surface area contributed by atoms with Crippen LogP contribution >= 0.6 is 0 Å². The first-order chi connectivity index (χ1) is 6.74. The molecule has 0 saturated carbocycles. The Kier molecular flexibility index (Phi) is 2.89. The van der Waals surface area contributed by atoms with Crippen molar-refractivity contribution in [3.05, 3.63) is 24.2 Å². The number of furan rings is 1. The highest BCUT2D eigenvalue weighted by atomic mass is 16.3. The molecule has 3 nitrogen and oxygen atoms in total. The zero-order valence-electron chi connectivity index (χ0n) is 8.86. The maximum absolute atomic E-state index is 5.34. The van der Waals surface area contributed by atoms with Crippen LogP contribution in [0.15, 0.2) is 22.8 Å². The highest BCUT2D eigenvalue weighted by Gasteiger charge is 2.21. The van der Waals surface area contributed by atoms with Crippen LogP contribution in [0.3, 0.4) is 0 Å². The summed E-state index contributed by atoms with van der Waals surface area (Å²) in [6.07, 6.45) is 1.74. The number of rotatable bonds is 2. The average molecular weight is 194 g/mol. The van der Waals surface area contributed by atoms with Gasteiger partial charge in [0.25, 0.3) is 0 Å². The minimum Gasteiger partial charge on any atom is -0.468 e. The van der Waals surface area contributed by atoms with Gasteiger partial charge in [-0.15, -0.1) is 0 Å². The van der Waals surface area contributed by atoms with E-state index in [2.05, 4.69) is 24.1 Å². The third kappa shape index (κ3) is 2.36. The number of hydrogen-bond acceptors (Lipinski definition) is 3. The van der Waals surface area contributed by atoms with Crippen LogP contribution in [-0.2, 0) is 6.54 Å². The minimum absolute atomic E-state index is 0.578. The first kappa shape index (κ1) is 9.74. The second kappa shape index (κ2) is 4.15. The largest absolute Gasteiger partial charge is 0.468 e. The Morgan fingerprint density at radius 1 is 1.43 bits per heavy atom. The summed E-state index contributed by atoms with van der Waals surface area (Å²) < 4.78 is 5.34. The molecule has 2 unspecified atom stereocenters. The van der Waals surface area contributed by atoms with E-state index in [0.717, 1.165) is 25.4 Å². The third-order valence-electron chi connectivity index (χ3n) is 2.59. The van der Waals surface area contributed by atoms with Gasteiger partial charge in [-0.3, -0.25) is 4.90 Å². The standard InChI is InChI=1S/C11H18N2O/c1-9-6-13(7-10(2)12-9)8-11-4-3-5-14-11/h3-5,9-10,12H,6-8H2,1-2H3. The van der Waals surface area contributed by atoms with Crippen LogP contribution in [0.1, 0.15) is 19.6 Å². The van der Waals surface area contributed by atoms with E-state index in [1.807, 2.05) is 12.1 Å². The third-order valence-corrected chi connectivity index (χ3v) is 2.59. The Labute approximate surface area is 85.1 Å². The Morgan fingerprint density at radius 3 is 2.71 bits per heavy atom. The van der Waals surface area contributed by atoms with Gasteiger partial charge in [0.15, 0.2) is 0 Å². The van der Waals surface area contributed by atoms with Crippen molar-refractivity contribution in [1.29, 1.82) is 0 Å². The SMILES string of the molecule is CC1CN(Cc2ccco2)CC(C)N1. The quantitative estimate of drug-likeness (QED) is 0.772. The maximum Gasteiger partial charge on any atom is 0.117 e. The lowest BCUT2D eigenvalue weighted by molar-refractivity contribution is 0.156. The van der Waals surface area contributed by atoms with E-state index in [-0.39, 0.29) is 0 Å². The molecule has 0 amide bonds. The van der Waals surface area contributed by atoms with E-state index in [1.165, 1.54) is 0 Å². The molecule has 1 aromatic heterocycles. The van der Waals surface area contributed by atoms with Crippen LogP contribution in [0, 0.1) is 0 Å². The Morgan fingerprint density at radius 2 is 2.14 bits per heavy atom. The van der Waals surface area contributed by atoms with Crippen molar-refractivity contribution in [2.45, 2.75) is 32.5 Å². The van der Waals surface area contributed by atoms with Crippen LogP contribution in [0.2, 0.25) is 0 Å². The van der Waals surface area contributed by atoms with Gasteiger partial charge in [0, 0.05) is 25.2 Å². The van der Waals surface area contributed by atoms with Gasteiger partial charge in [-0.25, -0.2) is 0 Å². The molecule has 0 aliphatic carbocycles. The first-order valence-electron chi connectivity index (χ1n) is 5.25. The van der Waals surface area contributed by atoms with Crippen molar-refractivity contribution in [3.8, 4) is 0 Å². The summed E-state index contributed by atoms with van der Waals surface area (Å²) >= 11 is 0. The molecular formula is C11H18N2O. The Bertz CT molecular complexity index is 261. The minimum atomic E-state index is 0.578. The van der Waals surface area contributed by atoms with Crippen molar-refractivity contribution in [3.63, 3.8) is 0 Å². The molecule has 14 heavy (non-hydrogen) atoms. The van der Waals surface area contributed by atoms with E-state index < -0.39 is 0 Å². The molecule has 0 radical (unpaired) electrons. The molecule has 2 rings (SSSR count). The molecule has 78 valence electrons. The summed E-state index contributed by atoms with van der Waals surface area (Å²) in [6, 6.07) is 5.14. The molecule has 1 aliphatic rings. The summed E-state index contributed by atoms with van der Waals surface area (Å²) in [6.45, 7) is 7.59. The second-order valence-corrected chi connectivity index (χ2v) is 4.24. The van der Waals surface area contributed by atoms with Gasteiger partial charge in [-0.2, -0.15) is 0 Å². The smallest absolute Gasteiger partial charge is 0.117 e.